The quantitative estimate of drug-likeness (QED) is 0.433. The Bertz CT molecular complexity index is 1240. The molecule has 0 aliphatic heterocycles. The van der Waals surface area contributed by atoms with Crippen molar-refractivity contribution >= 4 is 27.5 Å². The first kappa shape index (κ1) is 20.0. The maximum atomic E-state index is 13.7. The molecule has 6 nitrogen and oxygen atoms in total. The van der Waals surface area contributed by atoms with Gasteiger partial charge in [-0.3, -0.25) is 4.79 Å². The van der Waals surface area contributed by atoms with Crippen LogP contribution >= 0.6 is 15.9 Å². The Balaban J connectivity index is 1.52. The van der Waals surface area contributed by atoms with Crippen LogP contribution in [0, 0.1) is 18.6 Å². The molecule has 1 N–H and O–H groups in total. The second-order valence-electron chi connectivity index (χ2n) is 6.59. The molecule has 0 atom stereocenters. The smallest absolute Gasteiger partial charge is 0.274 e. The number of aryl methyl sites for hydroxylation is 1. The van der Waals surface area contributed by atoms with Gasteiger partial charge in [0.2, 0.25) is 11.7 Å². The number of halogens is 3. The van der Waals surface area contributed by atoms with Gasteiger partial charge >= 0.3 is 0 Å². The van der Waals surface area contributed by atoms with Crippen LogP contribution in [-0.2, 0) is 11.3 Å². The highest BCUT2D eigenvalue weighted by Crippen LogP contribution is 2.26. The molecule has 2 aromatic heterocycles. The summed E-state index contributed by atoms with van der Waals surface area (Å²) in [4.78, 5) is 16.7. The predicted molar refractivity (Wildman–Crippen MR) is 111 cm³/mol. The van der Waals surface area contributed by atoms with Crippen molar-refractivity contribution in [1.29, 1.82) is 0 Å². The number of hydrogen-bond donors (Lipinski definition) is 1. The van der Waals surface area contributed by atoms with Crippen LogP contribution in [0.1, 0.15) is 5.56 Å². The fraction of sp³-hybridized carbons (Fsp3) is 0.0952. The molecular weight excluding hydrogens is 458 g/mol. The first-order valence-corrected chi connectivity index (χ1v) is 9.70. The van der Waals surface area contributed by atoms with Crippen molar-refractivity contribution in [2.45, 2.75) is 13.5 Å². The van der Waals surface area contributed by atoms with E-state index < -0.39 is 5.82 Å². The second kappa shape index (κ2) is 8.19. The molecule has 30 heavy (non-hydrogen) atoms. The molecule has 0 spiro atoms. The van der Waals surface area contributed by atoms with Crippen LogP contribution < -0.4 is 5.32 Å². The van der Waals surface area contributed by atoms with E-state index in [1.54, 1.807) is 54.1 Å². The third kappa shape index (κ3) is 4.16. The summed E-state index contributed by atoms with van der Waals surface area (Å²) in [5.74, 6) is -0.614. The van der Waals surface area contributed by atoms with Gasteiger partial charge in [0, 0.05) is 17.4 Å². The summed E-state index contributed by atoms with van der Waals surface area (Å²) in [7, 11) is 0. The van der Waals surface area contributed by atoms with Crippen molar-refractivity contribution in [3.05, 3.63) is 76.4 Å². The number of rotatable bonds is 5. The summed E-state index contributed by atoms with van der Waals surface area (Å²) >= 11 is 3.13. The predicted octanol–water partition coefficient (Wildman–Crippen LogP) is 5.19. The van der Waals surface area contributed by atoms with Crippen LogP contribution in [0.4, 0.5) is 14.5 Å². The van der Waals surface area contributed by atoms with Crippen LogP contribution in [0.5, 0.6) is 0 Å². The molecule has 9 heteroatoms. The maximum absolute atomic E-state index is 13.7. The van der Waals surface area contributed by atoms with Crippen molar-refractivity contribution in [3.8, 4) is 23.0 Å². The van der Waals surface area contributed by atoms with Gasteiger partial charge in [0.25, 0.3) is 5.89 Å². The number of anilines is 1. The van der Waals surface area contributed by atoms with Gasteiger partial charge in [0.1, 0.15) is 23.9 Å². The lowest BCUT2D eigenvalue weighted by molar-refractivity contribution is -0.116. The van der Waals surface area contributed by atoms with Gasteiger partial charge in [0.05, 0.1) is 4.47 Å². The van der Waals surface area contributed by atoms with Crippen molar-refractivity contribution in [2.75, 3.05) is 5.32 Å². The minimum absolute atomic E-state index is 0.0301. The van der Waals surface area contributed by atoms with Gasteiger partial charge in [-0.05, 0) is 70.9 Å². The van der Waals surface area contributed by atoms with Crippen molar-refractivity contribution in [1.82, 2.24) is 14.7 Å². The molecule has 0 saturated carbocycles. The van der Waals surface area contributed by atoms with Crippen LogP contribution in [0.3, 0.4) is 0 Å². The van der Waals surface area contributed by atoms with Gasteiger partial charge in [-0.2, -0.15) is 4.98 Å². The first-order chi connectivity index (χ1) is 14.4. The van der Waals surface area contributed by atoms with E-state index in [1.165, 1.54) is 12.1 Å². The highest BCUT2D eigenvalue weighted by Gasteiger charge is 2.16. The number of nitrogens with zero attached hydrogens (tertiary/aromatic N) is 3. The largest absolute Gasteiger partial charge is 0.334 e. The van der Waals surface area contributed by atoms with E-state index in [2.05, 4.69) is 31.4 Å². The second-order valence-corrected chi connectivity index (χ2v) is 7.44. The first-order valence-electron chi connectivity index (χ1n) is 8.91. The summed E-state index contributed by atoms with van der Waals surface area (Å²) in [6.45, 7) is 1.62. The minimum atomic E-state index is -0.393. The van der Waals surface area contributed by atoms with E-state index in [-0.39, 0.29) is 30.0 Å². The zero-order valence-electron chi connectivity index (χ0n) is 15.7. The number of amides is 1. The van der Waals surface area contributed by atoms with Crippen LogP contribution in [0.2, 0.25) is 0 Å². The van der Waals surface area contributed by atoms with Gasteiger partial charge in [-0.25, -0.2) is 8.78 Å². The zero-order valence-corrected chi connectivity index (χ0v) is 17.3. The molecule has 0 bridgehead atoms. The standard InChI is InChI=1S/C21H15BrF2N4O2/c1-12-4-6-14(10-17(12)24)25-19(29)11-28-8-2-3-18(28)21-26-20(27-30-21)13-5-7-16(23)15(22)9-13/h2-10H,11H2,1H3,(H,25,29). The Hall–Kier alpha value is -3.33. The summed E-state index contributed by atoms with van der Waals surface area (Å²) < 4.78 is 34.4. The van der Waals surface area contributed by atoms with Gasteiger partial charge < -0.3 is 14.4 Å². The fourth-order valence-corrected chi connectivity index (χ4v) is 3.23. The monoisotopic (exact) mass is 472 g/mol. The number of nitrogens with one attached hydrogen (secondary N) is 1. The van der Waals surface area contributed by atoms with Crippen LogP contribution in [-0.4, -0.2) is 20.6 Å². The van der Waals surface area contributed by atoms with E-state index >= 15 is 0 Å². The van der Waals surface area contributed by atoms with Gasteiger partial charge in [-0.1, -0.05) is 11.2 Å². The lowest BCUT2D eigenvalue weighted by Crippen LogP contribution is -2.19. The van der Waals surface area contributed by atoms with E-state index in [1.807, 2.05) is 0 Å². The maximum Gasteiger partial charge on any atom is 0.274 e. The minimum Gasteiger partial charge on any atom is -0.334 e. The molecule has 0 aliphatic carbocycles. The Kier molecular flexibility index (Phi) is 5.45. The Morgan fingerprint density at radius 1 is 1.17 bits per heavy atom. The van der Waals surface area contributed by atoms with Gasteiger partial charge in [-0.15, -0.1) is 0 Å². The normalized spacial score (nSPS) is 10.9. The lowest BCUT2D eigenvalue weighted by Gasteiger charge is -2.09. The molecule has 0 saturated heterocycles. The van der Waals surface area contributed by atoms with Gasteiger partial charge in [0.15, 0.2) is 0 Å². The molecule has 152 valence electrons. The van der Waals surface area contributed by atoms with Crippen LogP contribution in [0.15, 0.2) is 63.7 Å². The number of carbonyl (C=O) groups is 1. The summed E-state index contributed by atoms with van der Waals surface area (Å²) in [6, 6.07) is 12.4. The SMILES string of the molecule is Cc1ccc(NC(=O)Cn2cccc2-c2nc(-c3ccc(F)c(Br)c3)no2)cc1F. The molecule has 4 rings (SSSR count). The third-order valence-electron chi connectivity index (χ3n) is 4.42. The molecule has 2 heterocycles. The molecular formula is C21H15BrF2N4O2. The van der Waals surface area contributed by atoms with Crippen molar-refractivity contribution in [3.63, 3.8) is 0 Å². The van der Waals surface area contributed by atoms with Crippen molar-refractivity contribution < 1.29 is 18.1 Å². The fourth-order valence-electron chi connectivity index (χ4n) is 2.85. The average molecular weight is 473 g/mol. The van der Waals surface area contributed by atoms with E-state index in [4.69, 9.17) is 4.52 Å². The van der Waals surface area contributed by atoms with E-state index in [0.717, 1.165) is 0 Å². The summed E-state index contributed by atoms with van der Waals surface area (Å²) in [5.41, 5.74) is 2.00. The Morgan fingerprint density at radius 3 is 2.77 bits per heavy atom. The highest BCUT2D eigenvalue weighted by molar-refractivity contribution is 9.10. The third-order valence-corrected chi connectivity index (χ3v) is 5.03. The Morgan fingerprint density at radius 2 is 2.00 bits per heavy atom. The number of aromatic nitrogens is 3. The number of benzene rings is 2. The van der Waals surface area contributed by atoms with Crippen molar-refractivity contribution in [2.24, 2.45) is 0 Å². The van der Waals surface area contributed by atoms with E-state index in [0.29, 0.717) is 27.0 Å². The zero-order chi connectivity index (χ0) is 21.3. The van der Waals surface area contributed by atoms with E-state index in [9.17, 15) is 13.6 Å². The number of carbonyl (C=O) groups excluding carboxylic acids is 1. The molecule has 0 unspecified atom stereocenters. The van der Waals surface area contributed by atoms with Crippen LogP contribution in [0.25, 0.3) is 23.0 Å². The molecule has 0 radical (unpaired) electrons. The number of hydrogen-bond acceptors (Lipinski definition) is 4. The average Bonchev–Trinajstić information content (AvgIpc) is 3.36. The topological polar surface area (TPSA) is 73.0 Å². The summed E-state index contributed by atoms with van der Waals surface area (Å²) in [6.07, 6.45) is 1.70. The molecule has 4 aromatic rings. The molecule has 2 aromatic carbocycles. The molecule has 0 aliphatic rings. The lowest BCUT2D eigenvalue weighted by atomic mass is 10.2. The highest BCUT2D eigenvalue weighted by atomic mass is 79.9. The molecule has 1 amide bonds. The summed E-state index contributed by atoms with van der Waals surface area (Å²) in [5, 5.41) is 6.60. The Labute approximate surface area is 178 Å². The molecule has 0 fully saturated rings.